The van der Waals surface area contributed by atoms with Gasteiger partial charge in [-0.25, -0.2) is 0 Å². The molecule has 0 atom stereocenters. The molecule has 0 bridgehead atoms. The predicted octanol–water partition coefficient (Wildman–Crippen LogP) is 4.02. The number of benzene rings is 2. The Labute approximate surface area is 159 Å². The molecule has 0 aromatic heterocycles. The van der Waals surface area contributed by atoms with E-state index in [1.807, 2.05) is 18.2 Å². The third-order valence-corrected chi connectivity index (χ3v) is 3.98. The number of carbonyl (C=O) groups excluding carboxylic acids is 1. The molecule has 0 radical (unpaired) electrons. The van der Waals surface area contributed by atoms with Gasteiger partial charge in [-0.1, -0.05) is 13.0 Å². The minimum Gasteiger partial charge on any atom is -0.497 e. The first-order valence-corrected chi connectivity index (χ1v) is 8.37. The van der Waals surface area contributed by atoms with Crippen LogP contribution in [0.1, 0.15) is 24.5 Å². The van der Waals surface area contributed by atoms with Crippen LogP contribution in [0.5, 0.6) is 17.2 Å². The molecule has 2 rings (SSSR count). The molecule has 2 aromatic carbocycles. The predicted molar refractivity (Wildman–Crippen MR) is 104 cm³/mol. The van der Waals surface area contributed by atoms with Gasteiger partial charge in [0.25, 0.3) is 0 Å². The van der Waals surface area contributed by atoms with Gasteiger partial charge < -0.3 is 19.5 Å². The molecule has 0 spiro atoms. The van der Waals surface area contributed by atoms with Gasteiger partial charge in [-0.3, -0.25) is 4.79 Å². The average molecular weight is 366 g/mol. The lowest BCUT2D eigenvalue weighted by Crippen LogP contribution is -2.10. The van der Waals surface area contributed by atoms with Gasteiger partial charge >= 0.3 is 0 Å². The fourth-order valence-corrected chi connectivity index (χ4v) is 2.57. The number of nitrogens with one attached hydrogen (secondary N) is 1. The standard InChI is InChI=1S/C21H22N2O4/c1-5-21(24)23-19-12-14(6-7-20(19)27-4)18(8-9-22)15-10-16(25-2)13-17(11-15)26-3/h6-8,10-13H,5H2,1-4H3,(H,23,24). The SMILES string of the molecule is CCC(=O)Nc1cc(C(=CC#N)c2cc(OC)cc(OC)c2)ccc1OC. The number of nitrogens with zero attached hydrogens (tertiary/aromatic N) is 1. The third kappa shape index (κ3) is 4.79. The van der Waals surface area contributed by atoms with Gasteiger partial charge in [-0.2, -0.15) is 5.26 Å². The van der Waals surface area contributed by atoms with E-state index in [-0.39, 0.29) is 5.91 Å². The molecule has 0 aliphatic rings. The molecule has 0 saturated heterocycles. The third-order valence-electron chi connectivity index (χ3n) is 3.98. The summed E-state index contributed by atoms with van der Waals surface area (Å²) in [6.45, 7) is 1.77. The highest BCUT2D eigenvalue weighted by Gasteiger charge is 2.13. The van der Waals surface area contributed by atoms with E-state index in [1.165, 1.54) is 13.2 Å². The van der Waals surface area contributed by atoms with Crippen LogP contribution in [0.15, 0.2) is 42.5 Å². The molecular weight excluding hydrogens is 344 g/mol. The molecule has 0 fully saturated rings. The quantitative estimate of drug-likeness (QED) is 0.749. The number of anilines is 1. The van der Waals surface area contributed by atoms with E-state index < -0.39 is 0 Å². The maximum absolute atomic E-state index is 11.8. The Balaban J connectivity index is 2.58. The first-order valence-electron chi connectivity index (χ1n) is 8.37. The summed E-state index contributed by atoms with van der Waals surface area (Å²) in [5, 5.41) is 12.1. The number of nitriles is 1. The Morgan fingerprint density at radius 1 is 1.04 bits per heavy atom. The normalized spacial score (nSPS) is 10.7. The highest BCUT2D eigenvalue weighted by molar-refractivity contribution is 5.93. The van der Waals surface area contributed by atoms with Gasteiger partial charge in [0.1, 0.15) is 17.2 Å². The van der Waals surface area contributed by atoms with Crippen molar-refractivity contribution in [3.8, 4) is 23.3 Å². The number of allylic oxidation sites excluding steroid dienone is 1. The molecule has 0 aliphatic heterocycles. The Morgan fingerprint density at radius 3 is 2.22 bits per heavy atom. The minimum absolute atomic E-state index is 0.126. The Morgan fingerprint density at radius 2 is 1.70 bits per heavy atom. The molecule has 6 heteroatoms. The van der Waals surface area contributed by atoms with Gasteiger partial charge in [-0.05, 0) is 41.0 Å². The van der Waals surface area contributed by atoms with Gasteiger partial charge in [0.2, 0.25) is 5.91 Å². The van der Waals surface area contributed by atoms with Crippen LogP contribution in [-0.2, 0) is 4.79 Å². The van der Waals surface area contributed by atoms with Crippen molar-refractivity contribution in [3.63, 3.8) is 0 Å². The van der Waals surface area contributed by atoms with Crippen LogP contribution in [0.4, 0.5) is 5.69 Å². The number of methoxy groups -OCH3 is 3. The van der Waals surface area contributed by atoms with Crippen LogP contribution in [0.2, 0.25) is 0 Å². The summed E-state index contributed by atoms with van der Waals surface area (Å²) in [6, 6.07) is 12.8. The smallest absolute Gasteiger partial charge is 0.224 e. The molecule has 1 amide bonds. The summed E-state index contributed by atoms with van der Waals surface area (Å²) in [7, 11) is 4.67. The van der Waals surface area contributed by atoms with Crippen LogP contribution in [0.3, 0.4) is 0 Å². The highest BCUT2D eigenvalue weighted by atomic mass is 16.5. The summed E-state index contributed by atoms with van der Waals surface area (Å²) >= 11 is 0. The van der Waals surface area contributed by atoms with E-state index in [0.29, 0.717) is 34.9 Å². The van der Waals surface area contributed by atoms with Crippen LogP contribution in [-0.4, -0.2) is 27.2 Å². The van der Waals surface area contributed by atoms with Crippen LogP contribution >= 0.6 is 0 Å². The van der Waals surface area contributed by atoms with E-state index >= 15 is 0 Å². The van der Waals surface area contributed by atoms with E-state index in [1.54, 1.807) is 39.3 Å². The summed E-state index contributed by atoms with van der Waals surface area (Å²) in [4.78, 5) is 11.8. The van der Waals surface area contributed by atoms with Crippen LogP contribution in [0, 0.1) is 11.3 Å². The summed E-state index contributed by atoms with van der Waals surface area (Å²) in [6.07, 6.45) is 1.79. The van der Waals surface area contributed by atoms with Crippen molar-refractivity contribution in [1.29, 1.82) is 5.26 Å². The number of hydrogen-bond donors (Lipinski definition) is 1. The lowest BCUT2D eigenvalue weighted by Gasteiger charge is -2.15. The van der Waals surface area contributed by atoms with Gasteiger partial charge in [0, 0.05) is 18.6 Å². The Hall–Kier alpha value is -3.46. The zero-order chi connectivity index (χ0) is 19.8. The number of ether oxygens (including phenoxy) is 3. The molecule has 0 heterocycles. The number of rotatable bonds is 7. The first kappa shape index (κ1) is 19.9. The van der Waals surface area contributed by atoms with Gasteiger partial charge in [-0.15, -0.1) is 0 Å². The minimum atomic E-state index is -0.126. The van der Waals surface area contributed by atoms with Crippen LogP contribution < -0.4 is 19.5 Å². The Kier molecular flexibility index (Phi) is 6.84. The lowest BCUT2D eigenvalue weighted by atomic mass is 9.96. The largest absolute Gasteiger partial charge is 0.497 e. The fourth-order valence-electron chi connectivity index (χ4n) is 2.57. The zero-order valence-corrected chi connectivity index (χ0v) is 15.8. The number of carbonyl (C=O) groups is 1. The van der Waals surface area contributed by atoms with Gasteiger partial charge in [0.05, 0.1) is 33.1 Å². The molecular formula is C21H22N2O4. The van der Waals surface area contributed by atoms with Crippen LogP contribution in [0.25, 0.3) is 5.57 Å². The highest BCUT2D eigenvalue weighted by Crippen LogP contribution is 2.34. The molecule has 0 saturated carbocycles. The Bertz CT molecular complexity index is 875. The second-order valence-electron chi connectivity index (χ2n) is 5.61. The average Bonchev–Trinajstić information content (AvgIpc) is 2.71. The molecule has 140 valence electrons. The van der Waals surface area contributed by atoms with Crippen molar-refractivity contribution in [2.75, 3.05) is 26.6 Å². The van der Waals surface area contributed by atoms with Crippen molar-refractivity contribution in [1.82, 2.24) is 0 Å². The molecule has 0 unspecified atom stereocenters. The number of amides is 1. The lowest BCUT2D eigenvalue weighted by molar-refractivity contribution is -0.115. The van der Waals surface area contributed by atoms with Crippen molar-refractivity contribution < 1.29 is 19.0 Å². The maximum atomic E-state index is 11.8. The number of hydrogen-bond acceptors (Lipinski definition) is 5. The monoisotopic (exact) mass is 366 g/mol. The molecule has 1 N–H and O–H groups in total. The van der Waals surface area contributed by atoms with Crippen molar-refractivity contribution in [2.24, 2.45) is 0 Å². The van der Waals surface area contributed by atoms with Gasteiger partial charge in [0.15, 0.2) is 0 Å². The second kappa shape index (κ2) is 9.30. The summed E-state index contributed by atoms with van der Waals surface area (Å²) in [5.74, 6) is 1.64. The molecule has 6 nitrogen and oxygen atoms in total. The van der Waals surface area contributed by atoms with E-state index in [9.17, 15) is 10.1 Å². The summed E-state index contributed by atoms with van der Waals surface area (Å²) in [5.41, 5.74) is 2.72. The summed E-state index contributed by atoms with van der Waals surface area (Å²) < 4.78 is 16.0. The molecule has 0 aliphatic carbocycles. The fraction of sp³-hybridized carbons (Fsp3) is 0.238. The van der Waals surface area contributed by atoms with Crippen molar-refractivity contribution in [3.05, 3.63) is 53.6 Å². The molecule has 27 heavy (non-hydrogen) atoms. The van der Waals surface area contributed by atoms with Crippen molar-refractivity contribution >= 4 is 17.2 Å². The maximum Gasteiger partial charge on any atom is 0.224 e. The zero-order valence-electron chi connectivity index (χ0n) is 15.8. The second-order valence-corrected chi connectivity index (χ2v) is 5.61. The topological polar surface area (TPSA) is 80.6 Å². The van der Waals surface area contributed by atoms with E-state index in [4.69, 9.17) is 14.2 Å². The van der Waals surface area contributed by atoms with E-state index in [2.05, 4.69) is 11.4 Å². The van der Waals surface area contributed by atoms with E-state index in [0.717, 1.165) is 11.1 Å². The molecule has 2 aromatic rings. The first-order chi connectivity index (χ1) is 13.1. The van der Waals surface area contributed by atoms with Crippen molar-refractivity contribution in [2.45, 2.75) is 13.3 Å².